The standard InChI is InChI=1S/C23H22ClNO3/c1-16-14-21(12-13-22(16)24)28-17(2)23(26)25-19-8-10-20(11-9-19)27-15-18-6-4-3-5-7-18/h3-14,17H,15H2,1-2H3,(H,25,26)/t17-/m1/s1. The molecular formula is C23H22ClNO3. The molecule has 0 spiro atoms. The van der Waals surface area contributed by atoms with E-state index in [0.29, 0.717) is 23.1 Å². The van der Waals surface area contributed by atoms with E-state index in [4.69, 9.17) is 21.1 Å². The Morgan fingerprint density at radius 2 is 1.68 bits per heavy atom. The zero-order valence-corrected chi connectivity index (χ0v) is 16.6. The largest absolute Gasteiger partial charge is 0.489 e. The Kier molecular flexibility index (Phi) is 6.56. The number of rotatable bonds is 7. The van der Waals surface area contributed by atoms with Crippen LogP contribution in [0.1, 0.15) is 18.1 Å². The Hall–Kier alpha value is -2.98. The van der Waals surface area contributed by atoms with E-state index in [1.807, 2.05) is 55.5 Å². The van der Waals surface area contributed by atoms with E-state index in [2.05, 4.69) is 5.32 Å². The second kappa shape index (κ2) is 9.29. The van der Waals surface area contributed by atoms with Crippen LogP contribution in [0.4, 0.5) is 5.69 Å². The van der Waals surface area contributed by atoms with E-state index < -0.39 is 6.10 Å². The molecule has 3 aromatic rings. The van der Waals surface area contributed by atoms with Gasteiger partial charge in [-0.05, 0) is 67.4 Å². The molecule has 28 heavy (non-hydrogen) atoms. The van der Waals surface area contributed by atoms with Gasteiger partial charge in [0.05, 0.1) is 0 Å². The lowest BCUT2D eigenvalue weighted by atomic mass is 10.2. The molecule has 1 atom stereocenters. The van der Waals surface area contributed by atoms with Crippen LogP contribution in [0.15, 0.2) is 72.8 Å². The van der Waals surface area contributed by atoms with Crippen LogP contribution in [0.25, 0.3) is 0 Å². The van der Waals surface area contributed by atoms with E-state index >= 15 is 0 Å². The van der Waals surface area contributed by atoms with Gasteiger partial charge in [0.1, 0.15) is 18.1 Å². The van der Waals surface area contributed by atoms with Crippen molar-refractivity contribution in [3.8, 4) is 11.5 Å². The van der Waals surface area contributed by atoms with E-state index in [1.165, 1.54) is 0 Å². The fourth-order valence-corrected chi connectivity index (χ4v) is 2.68. The molecule has 3 aromatic carbocycles. The molecule has 0 saturated carbocycles. The third-order valence-electron chi connectivity index (χ3n) is 4.18. The van der Waals surface area contributed by atoms with Crippen molar-refractivity contribution < 1.29 is 14.3 Å². The number of halogens is 1. The third kappa shape index (κ3) is 5.51. The van der Waals surface area contributed by atoms with E-state index in [0.717, 1.165) is 16.9 Å². The number of carbonyl (C=O) groups is 1. The molecule has 0 fully saturated rings. The Balaban J connectivity index is 1.52. The Morgan fingerprint density at radius 1 is 1.00 bits per heavy atom. The van der Waals surface area contributed by atoms with Gasteiger partial charge >= 0.3 is 0 Å². The molecule has 1 N–H and O–H groups in total. The molecule has 3 rings (SSSR count). The zero-order valence-electron chi connectivity index (χ0n) is 15.8. The Labute approximate surface area is 170 Å². The summed E-state index contributed by atoms with van der Waals surface area (Å²) in [5.74, 6) is 1.11. The molecule has 0 aromatic heterocycles. The molecule has 0 heterocycles. The summed E-state index contributed by atoms with van der Waals surface area (Å²) in [6.07, 6.45) is -0.644. The number of benzene rings is 3. The first-order chi connectivity index (χ1) is 13.5. The molecule has 144 valence electrons. The minimum atomic E-state index is -0.644. The molecule has 1 amide bonds. The highest BCUT2D eigenvalue weighted by molar-refractivity contribution is 6.31. The highest BCUT2D eigenvalue weighted by Crippen LogP contribution is 2.22. The molecular weight excluding hydrogens is 374 g/mol. The van der Waals surface area contributed by atoms with Gasteiger partial charge in [-0.15, -0.1) is 0 Å². The maximum absolute atomic E-state index is 12.4. The monoisotopic (exact) mass is 395 g/mol. The van der Waals surface area contributed by atoms with Crippen LogP contribution >= 0.6 is 11.6 Å². The minimum Gasteiger partial charge on any atom is -0.489 e. The predicted octanol–water partition coefficient (Wildman–Crippen LogP) is 5.63. The number of amides is 1. The number of anilines is 1. The van der Waals surface area contributed by atoms with Gasteiger partial charge in [-0.2, -0.15) is 0 Å². The van der Waals surface area contributed by atoms with Gasteiger partial charge in [0.25, 0.3) is 5.91 Å². The summed E-state index contributed by atoms with van der Waals surface area (Å²) in [5, 5.41) is 3.51. The van der Waals surface area contributed by atoms with Gasteiger partial charge in [0.2, 0.25) is 0 Å². The molecule has 0 unspecified atom stereocenters. The summed E-state index contributed by atoms with van der Waals surface area (Å²) < 4.78 is 11.5. The first kappa shape index (κ1) is 19.8. The lowest BCUT2D eigenvalue weighted by Gasteiger charge is -2.15. The maximum Gasteiger partial charge on any atom is 0.265 e. The van der Waals surface area contributed by atoms with Gasteiger partial charge in [0, 0.05) is 10.7 Å². The molecule has 0 radical (unpaired) electrons. The van der Waals surface area contributed by atoms with Crippen molar-refractivity contribution in [1.29, 1.82) is 0 Å². The van der Waals surface area contributed by atoms with Crippen LogP contribution in [0.3, 0.4) is 0 Å². The second-order valence-corrected chi connectivity index (χ2v) is 6.87. The molecule has 5 heteroatoms. The van der Waals surface area contributed by atoms with Crippen molar-refractivity contribution in [3.05, 3.63) is 88.9 Å². The topological polar surface area (TPSA) is 47.6 Å². The van der Waals surface area contributed by atoms with Crippen molar-refractivity contribution in [2.24, 2.45) is 0 Å². The summed E-state index contributed by atoms with van der Waals surface area (Å²) in [4.78, 5) is 12.4. The Bertz CT molecular complexity index is 926. The van der Waals surface area contributed by atoms with E-state index in [-0.39, 0.29) is 5.91 Å². The predicted molar refractivity (Wildman–Crippen MR) is 112 cm³/mol. The van der Waals surface area contributed by atoms with Gasteiger partial charge in [-0.1, -0.05) is 41.9 Å². The van der Waals surface area contributed by atoms with Crippen molar-refractivity contribution in [2.45, 2.75) is 26.6 Å². The van der Waals surface area contributed by atoms with Crippen molar-refractivity contribution >= 4 is 23.2 Å². The van der Waals surface area contributed by atoms with Crippen molar-refractivity contribution in [2.75, 3.05) is 5.32 Å². The first-order valence-corrected chi connectivity index (χ1v) is 9.39. The normalized spacial score (nSPS) is 11.5. The van der Waals surface area contributed by atoms with Crippen LogP contribution < -0.4 is 14.8 Å². The van der Waals surface area contributed by atoms with E-state index in [1.54, 1.807) is 31.2 Å². The van der Waals surface area contributed by atoms with Crippen LogP contribution in [-0.2, 0) is 11.4 Å². The zero-order chi connectivity index (χ0) is 19.9. The summed E-state index contributed by atoms with van der Waals surface area (Å²) in [6, 6.07) is 22.5. The Morgan fingerprint density at radius 3 is 2.36 bits per heavy atom. The van der Waals surface area contributed by atoms with Crippen molar-refractivity contribution in [1.82, 2.24) is 0 Å². The molecule has 0 aliphatic carbocycles. The number of hydrogen-bond donors (Lipinski definition) is 1. The van der Waals surface area contributed by atoms with Gasteiger partial charge in [0.15, 0.2) is 6.10 Å². The highest BCUT2D eigenvalue weighted by atomic mass is 35.5. The second-order valence-electron chi connectivity index (χ2n) is 6.46. The average Bonchev–Trinajstić information content (AvgIpc) is 2.71. The SMILES string of the molecule is Cc1cc(O[C@H](C)C(=O)Nc2ccc(OCc3ccccc3)cc2)ccc1Cl. The lowest BCUT2D eigenvalue weighted by Crippen LogP contribution is -2.30. The molecule has 0 aliphatic rings. The quantitative estimate of drug-likeness (QED) is 0.563. The lowest BCUT2D eigenvalue weighted by molar-refractivity contribution is -0.122. The molecule has 4 nitrogen and oxygen atoms in total. The molecule has 0 aliphatic heterocycles. The number of ether oxygens (including phenoxy) is 2. The first-order valence-electron chi connectivity index (χ1n) is 9.02. The van der Waals surface area contributed by atoms with E-state index in [9.17, 15) is 4.79 Å². The summed E-state index contributed by atoms with van der Waals surface area (Å²) in [7, 11) is 0. The number of aryl methyl sites for hydroxylation is 1. The smallest absolute Gasteiger partial charge is 0.265 e. The van der Waals surface area contributed by atoms with Gasteiger partial charge < -0.3 is 14.8 Å². The summed E-state index contributed by atoms with van der Waals surface area (Å²) in [6.45, 7) is 4.09. The summed E-state index contributed by atoms with van der Waals surface area (Å²) >= 11 is 6.01. The molecule has 0 bridgehead atoms. The highest BCUT2D eigenvalue weighted by Gasteiger charge is 2.15. The number of carbonyl (C=O) groups excluding carboxylic acids is 1. The number of nitrogens with one attached hydrogen (secondary N) is 1. The molecule has 0 saturated heterocycles. The van der Waals surface area contributed by atoms with Crippen LogP contribution in [0, 0.1) is 6.92 Å². The van der Waals surface area contributed by atoms with Crippen LogP contribution in [-0.4, -0.2) is 12.0 Å². The van der Waals surface area contributed by atoms with Gasteiger partial charge in [-0.3, -0.25) is 4.79 Å². The van der Waals surface area contributed by atoms with Gasteiger partial charge in [-0.25, -0.2) is 0 Å². The van der Waals surface area contributed by atoms with Crippen molar-refractivity contribution in [3.63, 3.8) is 0 Å². The fraction of sp³-hybridized carbons (Fsp3) is 0.174. The number of hydrogen-bond acceptors (Lipinski definition) is 3. The maximum atomic E-state index is 12.4. The summed E-state index contributed by atoms with van der Waals surface area (Å²) in [5.41, 5.74) is 2.68. The average molecular weight is 396 g/mol. The minimum absolute atomic E-state index is 0.231. The third-order valence-corrected chi connectivity index (χ3v) is 4.61. The van der Waals surface area contributed by atoms with Crippen LogP contribution in [0.5, 0.6) is 11.5 Å². The van der Waals surface area contributed by atoms with Crippen LogP contribution in [0.2, 0.25) is 5.02 Å². The fourth-order valence-electron chi connectivity index (χ4n) is 2.57.